The molecule has 5 heteroatoms. The summed E-state index contributed by atoms with van der Waals surface area (Å²) in [5.74, 6) is -0.370. The van der Waals surface area contributed by atoms with Crippen LogP contribution >= 0.6 is 0 Å². The number of esters is 1. The van der Waals surface area contributed by atoms with Crippen molar-refractivity contribution < 1.29 is 19.1 Å². The largest absolute Gasteiger partial charge is 0.458 e. The molecule has 21 heavy (non-hydrogen) atoms. The van der Waals surface area contributed by atoms with Crippen LogP contribution < -0.4 is 0 Å². The Hall–Kier alpha value is -2.04. The first-order valence-corrected chi connectivity index (χ1v) is 7.07. The highest BCUT2D eigenvalue weighted by Crippen LogP contribution is 2.22. The normalized spacial score (nSPS) is 17.9. The predicted octanol–water partition coefficient (Wildman–Crippen LogP) is 2.74. The summed E-state index contributed by atoms with van der Waals surface area (Å²) in [4.78, 5) is 25.3. The van der Waals surface area contributed by atoms with E-state index < -0.39 is 17.7 Å². The van der Waals surface area contributed by atoms with E-state index in [2.05, 4.69) is 0 Å². The standard InChI is InChI=1S/C16H21NO4/c1-16(2,3)21-14(18)13-9-10-17(13)15(19)20-11-12-7-5-4-6-8-12/h4-8,13H,9-11H2,1-3H3. The van der Waals surface area contributed by atoms with Crippen LogP contribution in [0.3, 0.4) is 0 Å². The second kappa shape index (κ2) is 6.16. The summed E-state index contributed by atoms with van der Waals surface area (Å²) in [6, 6.07) is 8.92. The van der Waals surface area contributed by atoms with Crippen molar-refractivity contribution in [1.29, 1.82) is 0 Å². The maximum atomic E-state index is 12.0. The van der Waals surface area contributed by atoms with Crippen LogP contribution in [0.4, 0.5) is 4.79 Å². The molecule has 1 atom stereocenters. The lowest BCUT2D eigenvalue weighted by molar-refractivity contribution is -0.165. The van der Waals surface area contributed by atoms with Gasteiger partial charge in [0.2, 0.25) is 0 Å². The Morgan fingerprint density at radius 2 is 1.90 bits per heavy atom. The summed E-state index contributed by atoms with van der Waals surface area (Å²) in [6.07, 6.45) is 0.149. The highest BCUT2D eigenvalue weighted by atomic mass is 16.6. The third kappa shape index (κ3) is 4.21. The highest BCUT2D eigenvalue weighted by Gasteiger charge is 2.41. The molecular formula is C16H21NO4. The lowest BCUT2D eigenvalue weighted by Gasteiger charge is -2.39. The number of benzene rings is 1. The van der Waals surface area contributed by atoms with Crippen molar-refractivity contribution in [3.8, 4) is 0 Å². The fourth-order valence-corrected chi connectivity index (χ4v) is 2.02. The minimum atomic E-state index is -0.549. The molecule has 1 fully saturated rings. The smallest absolute Gasteiger partial charge is 0.410 e. The number of amides is 1. The molecule has 0 spiro atoms. The first-order valence-electron chi connectivity index (χ1n) is 7.07. The predicted molar refractivity (Wildman–Crippen MR) is 77.6 cm³/mol. The molecule has 0 aliphatic carbocycles. The molecule has 1 aromatic carbocycles. The highest BCUT2D eigenvalue weighted by molar-refractivity contribution is 5.83. The van der Waals surface area contributed by atoms with Crippen molar-refractivity contribution in [1.82, 2.24) is 4.90 Å². The SMILES string of the molecule is CC(C)(C)OC(=O)C1CCN1C(=O)OCc1ccccc1. The summed E-state index contributed by atoms with van der Waals surface area (Å²) in [5, 5.41) is 0. The van der Waals surface area contributed by atoms with Crippen LogP contribution in [0.25, 0.3) is 0 Å². The van der Waals surface area contributed by atoms with Crippen LogP contribution in [0.5, 0.6) is 0 Å². The molecule has 1 aliphatic rings. The Labute approximate surface area is 124 Å². The van der Waals surface area contributed by atoms with E-state index in [-0.39, 0.29) is 12.6 Å². The van der Waals surface area contributed by atoms with Gasteiger partial charge in [-0.1, -0.05) is 30.3 Å². The second-order valence-corrected chi connectivity index (χ2v) is 6.07. The van der Waals surface area contributed by atoms with Crippen molar-refractivity contribution in [2.75, 3.05) is 6.54 Å². The fourth-order valence-electron chi connectivity index (χ4n) is 2.02. The van der Waals surface area contributed by atoms with Gasteiger partial charge in [-0.25, -0.2) is 9.59 Å². The monoisotopic (exact) mass is 291 g/mol. The van der Waals surface area contributed by atoms with Gasteiger partial charge in [0.25, 0.3) is 0 Å². The van der Waals surface area contributed by atoms with Crippen molar-refractivity contribution in [3.63, 3.8) is 0 Å². The molecule has 1 amide bonds. The van der Waals surface area contributed by atoms with Crippen LogP contribution in [0.1, 0.15) is 32.8 Å². The zero-order valence-corrected chi connectivity index (χ0v) is 12.7. The van der Waals surface area contributed by atoms with Crippen LogP contribution in [-0.2, 0) is 20.9 Å². The van der Waals surface area contributed by atoms with Gasteiger partial charge in [0.05, 0.1) is 0 Å². The number of hydrogen-bond acceptors (Lipinski definition) is 4. The lowest BCUT2D eigenvalue weighted by Crippen LogP contribution is -2.56. The van der Waals surface area contributed by atoms with Crippen molar-refractivity contribution >= 4 is 12.1 Å². The molecular weight excluding hydrogens is 270 g/mol. The van der Waals surface area contributed by atoms with Crippen LogP contribution in [-0.4, -0.2) is 35.2 Å². The lowest BCUT2D eigenvalue weighted by atomic mass is 10.0. The molecule has 1 heterocycles. The van der Waals surface area contributed by atoms with E-state index in [1.807, 2.05) is 51.1 Å². The van der Waals surface area contributed by atoms with E-state index in [1.165, 1.54) is 4.90 Å². The first-order chi connectivity index (χ1) is 9.87. The van der Waals surface area contributed by atoms with Crippen LogP contribution in [0.15, 0.2) is 30.3 Å². The third-order valence-electron chi connectivity index (χ3n) is 3.14. The number of carbonyl (C=O) groups excluding carboxylic acids is 2. The van der Waals surface area contributed by atoms with Crippen molar-refractivity contribution in [3.05, 3.63) is 35.9 Å². The summed E-state index contributed by atoms with van der Waals surface area (Å²) in [5.41, 5.74) is 0.368. The summed E-state index contributed by atoms with van der Waals surface area (Å²) >= 11 is 0. The fraction of sp³-hybridized carbons (Fsp3) is 0.500. The van der Waals surface area contributed by atoms with E-state index in [1.54, 1.807) is 0 Å². The van der Waals surface area contributed by atoms with Gasteiger partial charge in [-0.15, -0.1) is 0 Å². The van der Waals surface area contributed by atoms with Crippen LogP contribution in [0, 0.1) is 0 Å². The second-order valence-electron chi connectivity index (χ2n) is 6.07. The van der Waals surface area contributed by atoms with Gasteiger partial charge in [-0.05, 0) is 32.8 Å². The number of nitrogens with zero attached hydrogens (tertiary/aromatic N) is 1. The van der Waals surface area contributed by atoms with Gasteiger partial charge in [0.1, 0.15) is 18.2 Å². The molecule has 2 rings (SSSR count). The third-order valence-corrected chi connectivity index (χ3v) is 3.14. The average Bonchev–Trinajstić information content (AvgIpc) is 2.34. The van der Waals surface area contributed by atoms with Gasteiger partial charge in [-0.2, -0.15) is 0 Å². The number of rotatable bonds is 3. The maximum absolute atomic E-state index is 12.0. The minimum absolute atomic E-state index is 0.206. The number of ether oxygens (including phenoxy) is 2. The van der Waals surface area contributed by atoms with Gasteiger partial charge >= 0.3 is 12.1 Å². The molecule has 0 N–H and O–H groups in total. The number of likely N-dealkylation sites (tertiary alicyclic amines) is 1. The van der Waals surface area contributed by atoms with Gasteiger partial charge < -0.3 is 9.47 Å². The van der Waals surface area contributed by atoms with Crippen molar-refractivity contribution in [2.24, 2.45) is 0 Å². The van der Waals surface area contributed by atoms with E-state index in [9.17, 15) is 9.59 Å². The summed E-state index contributed by atoms with van der Waals surface area (Å²) in [6.45, 7) is 6.15. The molecule has 5 nitrogen and oxygen atoms in total. The molecule has 0 saturated carbocycles. The van der Waals surface area contributed by atoms with Crippen molar-refractivity contribution in [2.45, 2.75) is 45.4 Å². The number of hydrogen-bond donors (Lipinski definition) is 0. The molecule has 0 radical (unpaired) electrons. The maximum Gasteiger partial charge on any atom is 0.410 e. The minimum Gasteiger partial charge on any atom is -0.458 e. The zero-order chi connectivity index (χ0) is 15.5. The molecule has 1 aliphatic heterocycles. The van der Waals surface area contributed by atoms with E-state index in [0.29, 0.717) is 13.0 Å². The molecule has 1 unspecified atom stereocenters. The Kier molecular flexibility index (Phi) is 4.50. The molecule has 1 saturated heterocycles. The Bertz CT molecular complexity index is 507. The number of carbonyl (C=O) groups is 2. The summed E-state index contributed by atoms with van der Waals surface area (Å²) < 4.78 is 10.5. The first kappa shape index (κ1) is 15.4. The Morgan fingerprint density at radius 3 is 2.43 bits per heavy atom. The van der Waals surface area contributed by atoms with E-state index in [4.69, 9.17) is 9.47 Å². The van der Waals surface area contributed by atoms with Gasteiger partial charge in [0, 0.05) is 6.54 Å². The topological polar surface area (TPSA) is 55.8 Å². The Balaban J connectivity index is 1.84. The summed E-state index contributed by atoms with van der Waals surface area (Å²) in [7, 11) is 0. The quantitative estimate of drug-likeness (QED) is 0.804. The molecule has 0 aromatic heterocycles. The molecule has 114 valence electrons. The van der Waals surface area contributed by atoms with E-state index in [0.717, 1.165) is 5.56 Å². The zero-order valence-electron chi connectivity index (χ0n) is 12.7. The average molecular weight is 291 g/mol. The van der Waals surface area contributed by atoms with E-state index >= 15 is 0 Å². The van der Waals surface area contributed by atoms with Crippen LogP contribution in [0.2, 0.25) is 0 Å². The Morgan fingerprint density at radius 1 is 1.24 bits per heavy atom. The van der Waals surface area contributed by atoms with Gasteiger partial charge in [-0.3, -0.25) is 4.90 Å². The van der Waals surface area contributed by atoms with Gasteiger partial charge in [0.15, 0.2) is 0 Å². The molecule has 1 aromatic rings. The molecule has 0 bridgehead atoms.